The van der Waals surface area contributed by atoms with Gasteiger partial charge in [0, 0.05) is 25.8 Å². The Hall–Kier alpha value is -2.66. The molecule has 0 unspecified atom stereocenters. The number of benzene rings is 1. The average Bonchev–Trinajstić information content (AvgIpc) is 2.60. The van der Waals surface area contributed by atoms with Crippen molar-refractivity contribution in [3.8, 4) is 0 Å². The van der Waals surface area contributed by atoms with Gasteiger partial charge in [-0.3, -0.25) is 4.79 Å². The van der Waals surface area contributed by atoms with Crippen molar-refractivity contribution in [1.29, 1.82) is 0 Å². The van der Waals surface area contributed by atoms with Crippen LogP contribution < -0.4 is 0 Å². The zero-order chi connectivity index (χ0) is 18.8. The molecule has 0 saturated heterocycles. The minimum absolute atomic E-state index is 0.289. The van der Waals surface area contributed by atoms with Crippen molar-refractivity contribution in [3.63, 3.8) is 0 Å². The number of carbonyl (C=O) groups excluding carboxylic acids is 2. The van der Waals surface area contributed by atoms with E-state index in [0.717, 1.165) is 5.56 Å². The first-order valence-corrected chi connectivity index (χ1v) is 8.65. The highest BCUT2D eigenvalue weighted by molar-refractivity contribution is 5.82. The van der Waals surface area contributed by atoms with E-state index in [1.807, 2.05) is 36.4 Å². The molecule has 3 atom stereocenters. The number of cyclic esters (lactones) is 1. The number of hydrogen-bond acceptors (Lipinski definition) is 5. The Morgan fingerprint density at radius 3 is 2.85 bits per heavy atom. The molecule has 26 heavy (non-hydrogen) atoms. The van der Waals surface area contributed by atoms with Crippen LogP contribution in [0.15, 0.2) is 60.7 Å². The zero-order valence-electron chi connectivity index (χ0n) is 14.8. The van der Waals surface area contributed by atoms with E-state index < -0.39 is 18.2 Å². The number of esters is 2. The van der Waals surface area contributed by atoms with Gasteiger partial charge in [0.25, 0.3) is 0 Å². The number of rotatable bonds is 8. The summed E-state index contributed by atoms with van der Waals surface area (Å²) in [7, 11) is 0. The van der Waals surface area contributed by atoms with Crippen LogP contribution in [0.1, 0.15) is 31.7 Å². The molecule has 0 bridgehead atoms. The molecule has 1 aliphatic rings. The van der Waals surface area contributed by atoms with Gasteiger partial charge in [0.1, 0.15) is 12.2 Å². The molecule has 0 aromatic heterocycles. The molecular formula is C21H24O5. The highest BCUT2D eigenvalue weighted by atomic mass is 16.5. The Balaban J connectivity index is 1.86. The van der Waals surface area contributed by atoms with Gasteiger partial charge in [-0.1, -0.05) is 48.6 Å². The third-order valence-electron chi connectivity index (χ3n) is 3.77. The second-order valence-corrected chi connectivity index (χ2v) is 6.08. The summed E-state index contributed by atoms with van der Waals surface area (Å²) in [6.07, 6.45) is 10.2. The monoisotopic (exact) mass is 356 g/mol. The number of carbonyl (C=O) groups is 2. The average molecular weight is 356 g/mol. The topological polar surface area (TPSA) is 72.8 Å². The molecule has 138 valence electrons. The maximum atomic E-state index is 11.3. The Labute approximate surface area is 153 Å². The number of hydrogen-bond donors (Lipinski definition) is 1. The SMILES string of the molecule is CC(=O)O[C@H](/C=C/c1ccccc1)C[C@H](O)C/C=C/[C@@H]1CC=CC(=O)O1. The molecule has 0 fully saturated rings. The summed E-state index contributed by atoms with van der Waals surface area (Å²) in [6.45, 7) is 1.35. The quantitative estimate of drug-likeness (QED) is 0.572. The van der Waals surface area contributed by atoms with Crippen molar-refractivity contribution >= 4 is 18.0 Å². The molecule has 5 heteroatoms. The maximum Gasteiger partial charge on any atom is 0.331 e. The van der Waals surface area contributed by atoms with Crippen molar-refractivity contribution in [2.24, 2.45) is 0 Å². The second kappa shape index (κ2) is 10.4. The normalized spacial score (nSPS) is 19.5. The summed E-state index contributed by atoms with van der Waals surface area (Å²) in [6, 6.07) is 9.66. The van der Waals surface area contributed by atoms with Crippen LogP contribution in [-0.4, -0.2) is 35.4 Å². The van der Waals surface area contributed by atoms with Crippen LogP contribution >= 0.6 is 0 Å². The molecular weight excluding hydrogens is 332 g/mol. The molecule has 1 N–H and O–H groups in total. The molecule has 5 nitrogen and oxygen atoms in total. The minimum Gasteiger partial charge on any atom is -0.458 e. The molecule has 0 amide bonds. The number of aliphatic hydroxyl groups excluding tert-OH is 1. The van der Waals surface area contributed by atoms with E-state index in [4.69, 9.17) is 9.47 Å². The predicted molar refractivity (Wildman–Crippen MR) is 99.0 cm³/mol. The van der Waals surface area contributed by atoms with Crippen LogP contribution in [0.3, 0.4) is 0 Å². The standard InChI is InChI=1S/C21H24O5/c1-16(22)25-20(14-13-17-7-3-2-4-8-17)15-18(23)9-5-10-19-11-6-12-21(24)26-19/h2-8,10,12-14,18-20,23H,9,11,15H2,1H3/b10-5+,14-13+/t18-,19-,20-/m1/s1. The fourth-order valence-corrected chi connectivity index (χ4v) is 2.57. The van der Waals surface area contributed by atoms with E-state index in [1.165, 1.54) is 13.0 Å². The molecule has 1 aliphatic heterocycles. The third kappa shape index (κ3) is 7.49. The summed E-state index contributed by atoms with van der Waals surface area (Å²) in [5.74, 6) is -0.747. The summed E-state index contributed by atoms with van der Waals surface area (Å²) in [5.41, 5.74) is 0.992. The smallest absolute Gasteiger partial charge is 0.331 e. The zero-order valence-corrected chi connectivity index (χ0v) is 14.8. The van der Waals surface area contributed by atoms with Crippen LogP contribution in [0.2, 0.25) is 0 Å². The largest absolute Gasteiger partial charge is 0.458 e. The van der Waals surface area contributed by atoms with Crippen molar-refractivity contribution in [3.05, 3.63) is 66.3 Å². The highest BCUT2D eigenvalue weighted by Crippen LogP contribution is 2.13. The van der Waals surface area contributed by atoms with E-state index in [1.54, 1.807) is 24.3 Å². The second-order valence-electron chi connectivity index (χ2n) is 6.08. The van der Waals surface area contributed by atoms with Gasteiger partial charge in [-0.25, -0.2) is 4.79 Å². The van der Waals surface area contributed by atoms with Crippen LogP contribution in [0.5, 0.6) is 0 Å². The van der Waals surface area contributed by atoms with E-state index >= 15 is 0 Å². The Kier molecular flexibility index (Phi) is 7.83. The summed E-state index contributed by atoms with van der Waals surface area (Å²) in [5, 5.41) is 10.2. The maximum absolute atomic E-state index is 11.3. The first kappa shape index (κ1) is 19.7. The molecule has 1 heterocycles. The van der Waals surface area contributed by atoms with Crippen LogP contribution in [-0.2, 0) is 19.1 Å². The summed E-state index contributed by atoms with van der Waals surface area (Å²) < 4.78 is 10.4. The van der Waals surface area contributed by atoms with Gasteiger partial charge in [-0.2, -0.15) is 0 Å². The first-order chi connectivity index (χ1) is 12.5. The number of aliphatic hydroxyl groups is 1. The minimum atomic E-state index is -0.675. The van der Waals surface area contributed by atoms with Crippen molar-refractivity contribution < 1.29 is 24.2 Å². The lowest BCUT2D eigenvalue weighted by molar-refractivity contribution is -0.145. The van der Waals surface area contributed by atoms with E-state index in [0.29, 0.717) is 12.8 Å². The molecule has 0 spiro atoms. The third-order valence-corrected chi connectivity index (χ3v) is 3.77. The van der Waals surface area contributed by atoms with E-state index in [9.17, 15) is 14.7 Å². The van der Waals surface area contributed by atoms with Gasteiger partial charge in [0.05, 0.1) is 6.10 Å². The Bertz CT molecular complexity index is 675. The Morgan fingerprint density at radius 1 is 1.38 bits per heavy atom. The van der Waals surface area contributed by atoms with Gasteiger partial charge >= 0.3 is 11.9 Å². The number of ether oxygens (including phenoxy) is 2. The van der Waals surface area contributed by atoms with Crippen LogP contribution in [0, 0.1) is 0 Å². The fraction of sp³-hybridized carbons (Fsp3) is 0.333. The molecule has 0 radical (unpaired) electrons. The first-order valence-electron chi connectivity index (χ1n) is 8.65. The fourth-order valence-electron chi connectivity index (χ4n) is 2.57. The lowest BCUT2D eigenvalue weighted by Gasteiger charge is -2.17. The molecule has 0 aliphatic carbocycles. The van der Waals surface area contributed by atoms with E-state index in [2.05, 4.69) is 0 Å². The molecule has 2 rings (SSSR count). The van der Waals surface area contributed by atoms with Gasteiger partial charge in [-0.05, 0) is 24.1 Å². The van der Waals surface area contributed by atoms with Crippen molar-refractivity contribution in [2.75, 3.05) is 0 Å². The predicted octanol–water partition coefficient (Wildman–Crippen LogP) is 3.20. The lowest BCUT2D eigenvalue weighted by atomic mass is 10.1. The highest BCUT2D eigenvalue weighted by Gasteiger charge is 2.15. The molecule has 1 aromatic rings. The van der Waals surface area contributed by atoms with Crippen molar-refractivity contribution in [1.82, 2.24) is 0 Å². The van der Waals surface area contributed by atoms with Crippen LogP contribution in [0.4, 0.5) is 0 Å². The lowest BCUT2D eigenvalue weighted by Crippen LogP contribution is -2.21. The van der Waals surface area contributed by atoms with Gasteiger partial charge in [-0.15, -0.1) is 0 Å². The Morgan fingerprint density at radius 2 is 2.15 bits per heavy atom. The molecule has 0 saturated carbocycles. The van der Waals surface area contributed by atoms with Gasteiger partial charge < -0.3 is 14.6 Å². The van der Waals surface area contributed by atoms with Crippen molar-refractivity contribution in [2.45, 2.75) is 44.5 Å². The molecule has 1 aromatic carbocycles. The van der Waals surface area contributed by atoms with Crippen LogP contribution in [0.25, 0.3) is 6.08 Å². The van der Waals surface area contributed by atoms with Gasteiger partial charge in [0.2, 0.25) is 0 Å². The van der Waals surface area contributed by atoms with Gasteiger partial charge in [0.15, 0.2) is 0 Å². The summed E-state index contributed by atoms with van der Waals surface area (Å²) in [4.78, 5) is 22.5. The summed E-state index contributed by atoms with van der Waals surface area (Å²) >= 11 is 0. The van der Waals surface area contributed by atoms with E-state index in [-0.39, 0.29) is 18.5 Å².